The predicted molar refractivity (Wildman–Crippen MR) is 101 cm³/mol. The van der Waals surface area contributed by atoms with Crippen LogP contribution >= 0.6 is 0 Å². The third-order valence-electron chi connectivity index (χ3n) is 3.99. The Morgan fingerprint density at radius 3 is 2.44 bits per heavy atom. The number of hydrogen-bond donors (Lipinski definition) is 2. The minimum Gasteiger partial charge on any atom is -0.493 e. The molecule has 7 heteroatoms. The van der Waals surface area contributed by atoms with Gasteiger partial charge in [-0.05, 0) is 54.6 Å². The summed E-state index contributed by atoms with van der Waals surface area (Å²) < 4.78 is 11.1. The van der Waals surface area contributed by atoms with Gasteiger partial charge in [-0.15, -0.1) is 0 Å². The molecule has 1 amide bonds. The number of rotatable bonds is 5. The lowest BCUT2D eigenvalue weighted by Crippen LogP contribution is -2.11. The van der Waals surface area contributed by atoms with E-state index in [9.17, 15) is 4.79 Å². The van der Waals surface area contributed by atoms with Crippen molar-refractivity contribution in [3.8, 4) is 17.2 Å². The van der Waals surface area contributed by atoms with Crippen LogP contribution in [0.3, 0.4) is 0 Å². The molecule has 0 fully saturated rings. The highest BCUT2D eigenvalue weighted by Gasteiger charge is 2.09. The van der Waals surface area contributed by atoms with Gasteiger partial charge in [-0.1, -0.05) is 12.1 Å². The fourth-order valence-electron chi connectivity index (χ4n) is 2.62. The highest BCUT2D eigenvalue weighted by atomic mass is 16.5. The summed E-state index contributed by atoms with van der Waals surface area (Å²) in [5.41, 5.74) is 2.52. The molecular weight excluding hydrogens is 344 g/mol. The monoisotopic (exact) mass is 360 g/mol. The number of methoxy groups -OCH3 is 1. The number of amides is 1. The Hall–Kier alpha value is -3.87. The summed E-state index contributed by atoms with van der Waals surface area (Å²) in [6.07, 6.45) is 0. The summed E-state index contributed by atoms with van der Waals surface area (Å²) >= 11 is 0. The van der Waals surface area contributed by atoms with Gasteiger partial charge >= 0.3 is 0 Å². The number of benzene rings is 3. The molecule has 3 aromatic carbocycles. The topological polar surface area (TPSA) is 89.1 Å². The highest BCUT2D eigenvalue weighted by molar-refractivity contribution is 6.05. The number of fused-ring (bicyclic) bond motifs is 1. The number of ether oxygens (including phenoxy) is 2. The van der Waals surface area contributed by atoms with Crippen molar-refractivity contribution in [3.63, 3.8) is 0 Å². The SMILES string of the molecule is COc1ccccc1Oc1ccc(NC(=O)c2ccc3n[nH]nc3c2)cc1. The molecule has 1 aromatic heterocycles. The van der Waals surface area contributed by atoms with E-state index < -0.39 is 0 Å². The number of nitrogens with one attached hydrogen (secondary N) is 2. The van der Waals surface area contributed by atoms with Gasteiger partial charge in [0.05, 0.1) is 7.11 Å². The largest absolute Gasteiger partial charge is 0.493 e. The van der Waals surface area contributed by atoms with E-state index in [4.69, 9.17) is 9.47 Å². The normalized spacial score (nSPS) is 10.6. The molecule has 134 valence electrons. The van der Waals surface area contributed by atoms with Crippen LogP contribution < -0.4 is 14.8 Å². The molecule has 0 unspecified atom stereocenters. The molecule has 1 heterocycles. The van der Waals surface area contributed by atoms with Gasteiger partial charge in [-0.3, -0.25) is 4.79 Å². The first-order valence-corrected chi connectivity index (χ1v) is 8.26. The maximum absolute atomic E-state index is 12.4. The number of aromatic amines is 1. The third-order valence-corrected chi connectivity index (χ3v) is 3.99. The molecule has 0 saturated carbocycles. The summed E-state index contributed by atoms with van der Waals surface area (Å²) in [4.78, 5) is 12.4. The van der Waals surface area contributed by atoms with Crippen molar-refractivity contribution in [2.75, 3.05) is 12.4 Å². The Morgan fingerprint density at radius 2 is 1.67 bits per heavy atom. The lowest BCUT2D eigenvalue weighted by Gasteiger charge is -2.11. The van der Waals surface area contributed by atoms with Crippen LogP contribution in [0, 0.1) is 0 Å². The standard InChI is InChI=1S/C20H16N4O3/c1-26-18-4-2-3-5-19(18)27-15-9-7-14(8-10-15)21-20(25)13-6-11-16-17(12-13)23-24-22-16/h2-12H,1H3,(H,21,25)(H,22,23,24). The van der Waals surface area contributed by atoms with Gasteiger partial charge in [0, 0.05) is 11.3 Å². The van der Waals surface area contributed by atoms with Gasteiger partial charge in [0.15, 0.2) is 11.5 Å². The van der Waals surface area contributed by atoms with Gasteiger partial charge in [-0.25, -0.2) is 0 Å². The van der Waals surface area contributed by atoms with Crippen molar-refractivity contribution in [3.05, 3.63) is 72.3 Å². The van der Waals surface area contributed by atoms with E-state index in [-0.39, 0.29) is 5.91 Å². The second kappa shape index (κ2) is 7.17. The lowest BCUT2D eigenvalue weighted by atomic mass is 10.2. The summed E-state index contributed by atoms with van der Waals surface area (Å²) in [5.74, 6) is 1.69. The molecule has 0 aliphatic carbocycles. The Morgan fingerprint density at radius 1 is 0.926 bits per heavy atom. The minimum absolute atomic E-state index is 0.224. The van der Waals surface area contributed by atoms with Gasteiger partial charge in [0.1, 0.15) is 16.8 Å². The van der Waals surface area contributed by atoms with Crippen molar-refractivity contribution in [1.82, 2.24) is 15.4 Å². The molecule has 0 atom stereocenters. The summed E-state index contributed by atoms with van der Waals surface area (Å²) in [6.45, 7) is 0. The molecule has 0 spiro atoms. The van der Waals surface area contributed by atoms with E-state index in [0.29, 0.717) is 39.5 Å². The number of para-hydroxylation sites is 2. The number of nitrogens with zero attached hydrogens (tertiary/aromatic N) is 2. The molecule has 0 radical (unpaired) electrons. The van der Waals surface area contributed by atoms with Crippen molar-refractivity contribution >= 4 is 22.6 Å². The van der Waals surface area contributed by atoms with Crippen LogP contribution in [0.5, 0.6) is 17.2 Å². The average Bonchev–Trinajstić information content (AvgIpc) is 3.17. The zero-order chi connectivity index (χ0) is 18.6. The van der Waals surface area contributed by atoms with Crippen LogP contribution in [0.1, 0.15) is 10.4 Å². The lowest BCUT2D eigenvalue weighted by molar-refractivity contribution is 0.102. The first kappa shape index (κ1) is 16.6. The third kappa shape index (κ3) is 3.57. The molecule has 4 rings (SSSR count). The second-order valence-corrected chi connectivity index (χ2v) is 5.76. The van der Waals surface area contributed by atoms with Crippen molar-refractivity contribution in [2.45, 2.75) is 0 Å². The smallest absolute Gasteiger partial charge is 0.255 e. The Balaban J connectivity index is 1.46. The highest BCUT2D eigenvalue weighted by Crippen LogP contribution is 2.31. The fourth-order valence-corrected chi connectivity index (χ4v) is 2.62. The van der Waals surface area contributed by atoms with Gasteiger partial charge in [-0.2, -0.15) is 15.4 Å². The van der Waals surface area contributed by atoms with Gasteiger partial charge in [0.25, 0.3) is 5.91 Å². The molecular formula is C20H16N4O3. The maximum Gasteiger partial charge on any atom is 0.255 e. The molecule has 0 bridgehead atoms. The van der Waals surface area contributed by atoms with E-state index in [1.165, 1.54) is 0 Å². The molecule has 0 saturated heterocycles. The van der Waals surface area contributed by atoms with Crippen molar-refractivity contribution in [1.29, 1.82) is 0 Å². The summed E-state index contributed by atoms with van der Waals surface area (Å²) in [7, 11) is 1.59. The van der Waals surface area contributed by atoms with E-state index in [0.717, 1.165) is 0 Å². The first-order valence-electron chi connectivity index (χ1n) is 8.26. The zero-order valence-corrected chi connectivity index (χ0v) is 14.5. The Labute approximate surface area is 154 Å². The molecule has 7 nitrogen and oxygen atoms in total. The Bertz CT molecular complexity index is 1090. The Kier molecular flexibility index (Phi) is 4.40. The fraction of sp³-hybridized carbons (Fsp3) is 0.0500. The summed E-state index contributed by atoms with van der Waals surface area (Å²) in [6, 6.07) is 19.7. The van der Waals surface area contributed by atoms with E-state index in [2.05, 4.69) is 20.7 Å². The maximum atomic E-state index is 12.4. The number of carbonyl (C=O) groups is 1. The van der Waals surface area contributed by atoms with Crippen molar-refractivity contribution < 1.29 is 14.3 Å². The van der Waals surface area contributed by atoms with Crippen molar-refractivity contribution in [2.24, 2.45) is 0 Å². The minimum atomic E-state index is -0.224. The molecule has 4 aromatic rings. The van der Waals surface area contributed by atoms with Crippen LogP contribution in [0.25, 0.3) is 11.0 Å². The number of anilines is 1. The van der Waals surface area contributed by atoms with E-state index in [1.54, 1.807) is 49.6 Å². The quantitative estimate of drug-likeness (QED) is 0.561. The predicted octanol–water partition coefficient (Wildman–Crippen LogP) is 4.01. The first-order chi connectivity index (χ1) is 13.2. The number of carbonyl (C=O) groups excluding carboxylic acids is 1. The summed E-state index contributed by atoms with van der Waals surface area (Å²) in [5, 5.41) is 13.3. The van der Waals surface area contributed by atoms with E-state index in [1.807, 2.05) is 24.3 Å². The zero-order valence-electron chi connectivity index (χ0n) is 14.5. The average molecular weight is 360 g/mol. The molecule has 0 aliphatic heterocycles. The van der Waals surface area contributed by atoms with Gasteiger partial charge in [0.2, 0.25) is 0 Å². The number of hydrogen-bond acceptors (Lipinski definition) is 5. The van der Waals surface area contributed by atoms with Crippen LogP contribution in [-0.4, -0.2) is 28.4 Å². The van der Waals surface area contributed by atoms with Crippen LogP contribution in [-0.2, 0) is 0 Å². The number of aromatic nitrogens is 3. The molecule has 0 aliphatic rings. The number of H-pyrrole nitrogens is 1. The van der Waals surface area contributed by atoms with E-state index >= 15 is 0 Å². The second-order valence-electron chi connectivity index (χ2n) is 5.76. The molecule has 27 heavy (non-hydrogen) atoms. The van der Waals surface area contributed by atoms with Crippen LogP contribution in [0.2, 0.25) is 0 Å². The van der Waals surface area contributed by atoms with Crippen LogP contribution in [0.15, 0.2) is 66.7 Å². The van der Waals surface area contributed by atoms with Gasteiger partial charge < -0.3 is 14.8 Å². The molecule has 2 N–H and O–H groups in total. The van der Waals surface area contributed by atoms with Crippen LogP contribution in [0.4, 0.5) is 5.69 Å².